The molecule has 0 bridgehead atoms. The summed E-state index contributed by atoms with van der Waals surface area (Å²) < 4.78 is 30.5. The second-order valence-corrected chi connectivity index (χ2v) is 12.0. The Morgan fingerprint density at radius 1 is 0.681 bits per heavy atom. The van der Waals surface area contributed by atoms with E-state index in [1.54, 1.807) is 11.8 Å². The molecule has 47 heavy (non-hydrogen) atoms. The first-order valence-corrected chi connectivity index (χ1v) is 16.7. The predicted octanol–water partition coefficient (Wildman–Crippen LogP) is 5.55. The maximum atomic E-state index is 13.2. The van der Waals surface area contributed by atoms with E-state index in [1.807, 2.05) is 54.6 Å². The largest absolute Gasteiger partial charge is 0.509 e. The molecule has 0 aliphatic rings. The molecule has 1 N–H and O–H groups in total. The first-order valence-electron chi connectivity index (χ1n) is 15.3. The van der Waals surface area contributed by atoms with Crippen LogP contribution in [0, 0.1) is 0 Å². The van der Waals surface area contributed by atoms with Gasteiger partial charge in [-0.25, -0.2) is 9.59 Å². The highest BCUT2D eigenvalue weighted by Crippen LogP contribution is 2.48. The molecular weight excluding hydrogens is 646 g/mol. The number of rotatable bonds is 21. The van der Waals surface area contributed by atoms with Gasteiger partial charge < -0.3 is 33.7 Å². The van der Waals surface area contributed by atoms with Gasteiger partial charge in [-0.3, -0.25) is 4.79 Å². The molecular formula is C35H42ClNO9S. The molecule has 3 aromatic rings. The number of hydrogen-bond donors (Lipinski definition) is 1. The van der Waals surface area contributed by atoms with Crippen LogP contribution < -0.4 is 5.32 Å². The summed E-state index contributed by atoms with van der Waals surface area (Å²) in [5.74, 6) is -0.607. The van der Waals surface area contributed by atoms with Crippen LogP contribution in [0.4, 0.5) is 4.79 Å². The highest BCUT2D eigenvalue weighted by Gasteiger charge is 2.38. The van der Waals surface area contributed by atoms with E-state index < -0.39 is 28.5 Å². The fraction of sp³-hybridized carbons (Fsp3) is 0.400. The van der Waals surface area contributed by atoms with Crippen molar-refractivity contribution in [3.05, 3.63) is 108 Å². The Balaban J connectivity index is 1.47. The lowest BCUT2D eigenvalue weighted by Crippen LogP contribution is -2.44. The zero-order valence-corrected chi connectivity index (χ0v) is 28.2. The van der Waals surface area contributed by atoms with Gasteiger partial charge in [0.1, 0.15) is 19.3 Å². The Hall–Kier alpha value is -3.61. The average molecular weight is 688 g/mol. The molecule has 1 amide bonds. The van der Waals surface area contributed by atoms with Crippen LogP contribution in [0.3, 0.4) is 0 Å². The molecule has 1 unspecified atom stereocenters. The maximum absolute atomic E-state index is 13.2. The Morgan fingerprint density at radius 2 is 1.09 bits per heavy atom. The van der Waals surface area contributed by atoms with Crippen LogP contribution >= 0.6 is 23.4 Å². The van der Waals surface area contributed by atoms with Crippen LogP contribution in [-0.2, 0) is 42.8 Å². The molecule has 0 fully saturated rings. The molecule has 12 heteroatoms. The number of halogens is 1. The van der Waals surface area contributed by atoms with E-state index in [0.717, 1.165) is 16.7 Å². The number of ether oxygens (including phenoxy) is 6. The molecule has 0 aliphatic carbocycles. The first kappa shape index (κ1) is 37.8. The Kier molecular flexibility index (Phi) is 17.2. The van der Waals surface area contributed by atoms with E-state index in [9.17, 15) is 14.4 Å². The van der Waals surface area contributed by atoms with Gasteiger partial charge in [0, 0.05) is 12.7 Å². The number of nitrogens with one attached hydrogen (secondary N) is 1. The van der Waals surface area contributed by atoms with Gasteiger partial charge in [0.25, 0.3) is 0 Å². The molecule has 0 aromatic heterocycles. The van der Waals surface area contributed by atoms with Crippen molar-refractivity contribution >= 4 is 41.4 Å². The van der Waals surface area contributed by atoms with Crippen molar-refractivity contribution in [1.29, 1.82) is 0 Å². The minimum atomic E-state index is -0.878. The van der Waals surface area contributed by atoms with Gasteiger partial charge >= 0.3 is 12.1 Å². The third-order valence-electron chi connectivity index (χ3n) is 6.59. The van der Waals surface area contributed by atoms with Crippen molar-refractivity contribution in [3.8, 4) is 0 Å². The van der Waals surface area contributed by atoms with Crippen LogP contribution in [0.2, 0.25) is 0 Å². The maximum Gasteiger partial charge on any atom is 0.509 e. The van der Waals surface area contributed by atoms with Gasteiger partial charge in [-0.05, 0) is 23.6 Å². The zero-order valence-electron chi connectivity index (χ0n) is 26.6. The number of thioether (sulfide) groups is 1. The Bertz CT molecular complexity index is 1240. The topological polar surface area (TPSA) is 119 Å². The number of carbonyl (C=O) groups excluding carboxylic acids is 3. The van der Waals surface area contributed by atoms with Crippen LogP contribution in [0.15, 0.2) is 91.0 Å². The summed E-state index contributed by atoms with van der Waals surface area (Å²) in [6, 6.07) is 29.5. The third kappa shape index (κ3) is 13.2. The molecule has 0 saturated heterocycles. The molecule has 3 rings (SSSR count). The lowest BCUT2D eigenvalue weighted by Gasteiger charge is -2.36. The van der Waals surface area contributed by atoms with Crippen molar-refractivity contribution in [3.63, 3.8) is 0 Å². The van der Waals surface area contributed by atoms with E-state index in [4.69, 9.17) is 35.3 Å². The predicted molar refractivity (Wildman–Crippen MR) is 180 cm³/mol. The summed E-state index contributed by atoms with van der Waals surface area (Å²) in [6.07, 6.45) is -0.851. The summed E-state index contributed by atoms with van der Waals surface area (Å²) in [5, 5.41) is 2.77. The second kappa shape index (κ2) is 21.3. The summed E-state index contributed by atoms with van der Waals surface area (Å²) in [4.78, 5) is 36.5. The van der Waals surface area contributed by atoms with Crippen molar-refractivity contribution in [2.24, 2.45) is 0 Å². The molecule has 0 saturated carbocycles. The normalized spacial score (nSPS) is 12.5. The summed E-state index contributed by atoms with van der Waals surface area (Å²) in [5.41, 5.74) is 2.39. The summed E-state index contributed by atoms with van der Waals surface area (Å²) >= 11 is 7.09. The molecule has 0 radical (unpaired) electrons. The molecule has 10 nitrogen and oxygen atoms in total. The number of esters is 1. The third-order valence-corrected chi connectivity index (χ3v) is 8.32. The monoisotopic (exact) mass is 687 g/mol. The summed E-state index contributed by atoms with van der Waals surface area (Å²) in [6.45, 7) is 4.56. The zero-order chi connectivity index (χ0) is 33.7. The average Bonchev–Trinajstić information content (AvgIpc) is 3.07. The van der Waals surface area contributed by atoms with Gasteiger partial charge in [0.05, 0.1) is 44.4 Å². The molecule has 2 atom stereocenters. The molecule has 254 valence electrons. The van der Waals surface area contributed by atoms with E-state index in [0.29, 0.717) is 26.4 Å². The van der Waals surface area contributed by atoms with Crippen molar-refractivity contribution < 1.29 is 42.8 Å². The lowest BCUT2D eigenvalue weighted by atomic mass is 9.84. The van der Waals surface area contributed by atoms with Gasteiger partial charge in [-0.1, -0.05) is 103 Å². The number of benzene rings is 3. The van der Waals surface area contributed by atoms with Crippen molar-refractivity contribution in [1.82, 2.24) is 5.32 Å². The van der Waals surface area contributed by atoms with E-state index in [-0.39, 0.29) is 38.1 Å². The van der Waals surface area contributed by atoms with Crippen LogP contribution in [0.25, 0.3) is 0 Å². The molecule has 3 aromatic carbocycles. The van der Waals surface area contributed by atoms with E-state index in [2.05, 4.69) is 46.5 Å². The smallest absolute Gasteiger partial charge is 0.462 e. The van der Waals surface area contributed by atoms with Crippen molar-refractivity contribution in [2.45, 2.75) is 30.2 Å². The molecule has 0 aliphatic heterocycles. The van der Waals surface area contributed by atoms with E-state index >= 15 is 0 Å². The Morgan fingerprint density at radius 3 is 1.49 bits per heavy atom. The SMILES string of the molecule is CC(=O)N[C@@H](CSC(c1ccccc1)(c1ccccc1)c1ccccc1)C(=O)OCCOCCOCCOCCOC(=O)OC(C)Cl. The fourth-order valence-electron chi connectivity index (χ4n) is 4.59. The van der Waals surface area contributed by atoms with Gasteiger partial charge in [-0.2, -0.15) is 0 Å². The van der Waals surface area contributed by atoms with Gasteiger partial charge in [0.2, 0.25) is 5.91 Å². The fourth-order valence-corrected chi connectivity index (χ4v) is 6.20. The van der Waals surface area contributed by atoms with Gasteiger partial charge in [0.15, 0.2) is 5.56 Å². The standard InChI is InChI=1S/C35H42ClNO9S/c1-27(36)46-34(40)45-25-23-43-21-19-41-18-20-42-22-24-44-33(39)32(37-28(2)38)26-47-35(29-12-6-3-7-13-29,30-14-8-4-9-15-30)31-16-10-5-11-17-31/h3-17,27,32H,18-26H2,1-2H3,(H,37,38)/t27?,32-/m0/s1. The molecule has 0 spiro atoms. The number of carbonyl (C=O) groups is 3. The van der Waals surface area contributed by atoms with Crippen LogP contribution in [0.5, 0.6) is 0 Å². The number of hydrogen-bond acceptors (Lipinski definition) is 10. The minimum Gasteiger partial charge on any atom is -0.462 e. The molecule has 0 heterocycles. The minimum absolute atomic E-state index is 0.0226. The lowest BCUT2D eigenvalue weighted by molar-refractivity contribution is -0.148. The van der Waals surface area contributed by atoms with Gasteiger partial charge in [-0.15, -0.1) is 11.8 Å². The highest BCUT2D eigenvalue weighted by atomic mass is 35.5. The van der Waals surface area contributed by atoms with Crippen LogP contribution in [-0.4, -0.2) is 88.2 Å². The second-order valence-electron chi connectivity index (χ2n) is 10.1. The first-order chi connectivity index (χ1) is 22.8. The number of alkyl halides is 1. The van der Waals surface area contributed by atoms with E-state index in [1.165, 1.54) is 13.8 Å². The van der Waals surface area contributed by atoms with Crippen LogP contribution in [0.1, 0.15) is 30.5 Å². The quantitative estimate of drug-likeness (QED) is 0.0661. The highest BCUT2D eigenvalue weighted by molar-refractivity contribution is 8.00. The number of amides is 1. The summed E-state index contributed by atoms with van der Waals surface area (Å²) in [7, 11) is 0. The Labute approximate surface area is 285 Å². The van der Waals surface area contributed by atoms with Crippen molar-refractivity contribution in [2.75, 3.05) is 58.6 Å².